The second-order valence-electron chi connectivity index (χ2n) is 5.05. The Kier molecular flexibility index (Phi) is 5.06. The van der Waals surface area contributed by atoms with E-state index in [0.29, 0.717) is 11.8 Å². The molecule has 2 rings (SSSR count). The number of rotatable bonds is 3. The van der Waals surface area contributed by atoms with Crippen LogP contribution in [0.1, 0.15) is 26.7 Å². The average molecular weight is 247 g/mol. The number of nitrogens with one attached hydrogen (secondary N) is 1. The van der Waals surface area contributed by atoms with Crippen LogP contribution in [0.2, 0.25) is 0 Å². The Labute approximate surface area is 104 Å². The van der Waals surface area contributed by atoms with Gasteiger partial charge in [-0.2, -0.15) is 0 Å². The van der Waals surface area contributed by atoms with Gasteiger partial charge in [-0.05, 0) is 31.3 Å². The highest BCUT2D eigenvalue weighted by Crippen LogP contribution is 2.24. The largest absolute Gasteiger partial charge is 0.342 e. The minimum atomic E-state index is 0. The van der Waals surface area contributed by atoms with Gasteiger partial charge in [0.2, 0.25) is 5.91 Å². The van der Waals surface area contributed by atoms with E-state index in [1.54, 1.807) is 0 Å². The zero-order chi connectivity index (χ0) is 10.8. The number of carbonyl (C=O) groups is 1. The third-order valence-corrected chi connectivity index (χ3v) is 4.08. The predicted molar refractivity (Wildman–Crippen MR) is 67.7 cm³/mol. The quantitative estimate of drug-likeness (QED) is 0.819. The van der Waals surface area contributed by atoms with E-state index in [1.165, 1.54) is 12.8 Å². The van der Waals surface area contributed by atoms with Crippen molar-refractivity contribution in [1.29, 1.82) is 0 Å². The van der Waals surface area contributed by atoms with Crippen molar-refractivity contribution in [1.82, 2.24) is 10.2 Å². The molecule has 2 atom stereocenters. The van der Waals surface area contributed by atoms with Crippen LogP contribution < -0.4 is 5.32 Å². The molecule has 0 saturated carbocycles. The van der Waals surface area contributed by atoms with Gasteiger partial charge in [-0.25, -0.2) is 0 Å². The van der Waals surface area contributed by atoms with Crippen molar-refractivity contribution in [3.63, 3.8) is 0 Å². The molecule has 1 amide bonds. The van der Waals surface area contributed by atoms with Crippen LogP contribution in [0.15, 0.2) is 0 Å². The molecule has 0 aromatic heterocycles. The molecular weight excluding hydrogens is 224 g/mol. The van der Waals surface area contributed by atoms with Gasteiger partial charge in [0, 0.05) is 19.0 Å². The van der Waals surface area contributed by atoms with Gasteiger partial charge in [-0.1, -0.05) is 20.3 Å². The Balaban J connectivity index is 0.00000128. The maximum Gasteiger partial charge on any atom is 0.225 e. The Morgan fingerprint density at radius 2 is 2.19 bits per heavy atom. The molecule has 3 nitrogen and oxygen atoms in total. The zero-order valence-corrected chi connectivity index (χ0v) is 11.1. The summed E-state index contributed by atoms with van der Waals surface area (Å²) in [5.74, 6) is 1.94. The maximum absolute atomic E-state index is 12.1. The summed E-state index contributed by atoms with van der Waals surface area (Å²) in [4.78, 5) is 14.2. The van der Waals surface area contributed by atoms with E-state index in [1.807, 2.05) is 0 Å². The Bertz CT molecular complexity index is 243. The summed E-state index contributed by atoms with van der Waals surface area (Å²) in [5, 5.41) is 3.24. The molecule has 94 valence electrons. The number of nitrogens with zero attached hydrogens (tertiary/aromatic N) is 1. The lowest BCUT2D eigenvalue weighted by Gasteiger charge is -2.34. The Hall–Kier alpha value is -0.280. The lowest BCUT2D eigenvalue weighted by atomic mass is 9.88. The minimum absolute atomic E-state index is 0. The molecule has 4 heteroatoms. The molecule has 1 N–H and O–H groups in total. The summed E-state index contributed by atoms with van der Waals surface area (Å²) in [5.41, 5.74) is 0. The highest BCUT2D eigenvalue weighted by atomic mass is 35.5. The monoisotopic (exact) mass is 246 g/mol. The van der Waals surface area contributed by atoms with E-state index in [-0.39, 0.29) is 18.3 Å². The molecule has 0 spiro atoms. The smallest absolute Gasteiger partial charge is 0.225 e. The fourth-order valence-corrected chi connectivity index (χ4v) is 2.52. The number of halogens is 1. The first kappa shape index (κ1) is 13.8. The van der Waals surface area contributed by atoms with Crippen molar-refractivity contribution < 1.29 is 4.79 Å². The second kappa shape index (κ2) is 5.87. The summed E-state index contributed by atoms with van der Waals surface area (Å²) in [7, 11) is 0. The summed E-state index contributed by atoms with van der Waals surface area (Å²) in [6.45, 7) is 8.35. The molecule has 16 heavy (non-hydrogen) atoms. The third-order valence-electron chi connectivity index (χ3n) is 4.08. The lowest BCUT2D eigenvalue weighted by molar-refractivity contribution is -0.136. The van der Waals surface area contributed by atoms with Gasteiger partial charge < -0.3 is 10.2 Å². The summed E-state index contributed by atoms with van der Waals surface area (Å²) < 4.78 is 0. The number of amides is 1. The fraction of sp³-hybridized carbons (Fsp3) is 0.917. The zero-order valence-electron chi connectivity index (χ0n) is 10.2. The van der Waals surface area contributed by atoms with E-state index >= 15 is 0 Å². The molecule has 2 aliphatic rings. The summed E-state index contributed by atoms with van der Waals surface area (Å²) >= 11 is 0. The molecule has 2 unspecified atom stereocenters. The molecule has 2 aliphatic heterocycles. The average Bonchev–Trinajstić information content (AvgIpc) is 2.61. The molecule has 2 saturated heterocycles. The first-order valence-electron chi connectivity index (χ1n) is 6.22. The normalized spacial score (nSPS) is 27.1. The van der Waals surface area contributed by atoms with E-state index < -0.39 is 0 Å². The van der Waals surface area contributed by atoms with Gasteiger partial charge in [0.1, 0.15) is 0 Å². The van der Waals surface area contributed by atoms with Gasteiger partial charge in [-0.15, -0.1) is 12.4 Å². The highest BCUT2D eigenvalue weighted by Gasteiger charge is 2.34. The number of carbonyl (C=O) groups excluding carboxylic acids is 1. The molecule has 0 aromatic carbocycles. The van der Waals surface area contributed by atoms with Gasteiger partial charge in [0.25, 0.3) is 0 Å². The van der Waals surface area contributed by atoms with E-state index in [2.05, 4.69) is 24.1 Å². The Morgan fingerprint density at radius 1 is 1.50 bits per heavy atom. The van der Waals surface area contributed by atoms with Crippen LogP contribution in [0.4, 0.5) is 0 Å². The van der Waals surface area contributed by atoms with Crippen molar-refractivity contribution in [3.05, 3.63) is 0 Å². The number of hydrogen-bond donors (Lipinski definition) is 1. The first-order valence-corrected chi connectivity index (χ1v) is 6.22. The lowest BCUT2D eigenvalue weighted by Crippen LogP contribution is -2.50. The highest BCUT2D eigenvalue weighted by molar-refractivity contribution is 5.85. The van der Waals surface area contributed by atoms with Crippen molar-refractivity contribution in [2.24, 2.45) is 17.8 Å². The Morgan fingerprint density at radius 3 is 2.62 bits per heavy atom. The van der Waals surface area contributed by atoms with Crippen LogP contribution in [0, 0.1) is 17.8 Å². The van der Waals surface area contributed by atoms with E-state index in [4.69, 9.17) is 0 Å². The second-order valence-corrected chi connectivity index (χ2v) is 5.05. The molecule has 0 radical (unpaired) electrons. The van der Waals surface area contributed by atoms with Crippen molar-refractivity contribution in [3.8, 4) is 0 Å². The van der Waals surface area contributed by atoms with Gasteiger partial charge in [0.15, 0.2) is 0 Å². The molecule has 0 aromatic rings. The molecule has 0 bridgehead atoms. The van der Waals surface area contributed by atoms with Crippen LogP contribution in [-0.2, 0) is 4.79 Å². The standard InChI is InChI=1S/C12H22N2O.ClH/c1-3-10-4-5-14(8-10)12(15)9(2)11-6-13-7-11;/h9-11,13H,3-8H2,1-2H3;1H. The van der Waals surface area contributed by atoms with Crippen LogP contribution in [0.25, 0.3) is 0 Å². The van der Waals surface area contributed by atoms with Crippen molar-refractivity contribution in [2.75, 3.05) is 26.2 Å². The maximum atomic E-state index is 12.1. The predicted octanol–water partition coefficient (Wildman–Crippen LogP) is 1.52. The van der Waals surface area contributed by atoms with E-state index in [9.17, 15) is 4.79 Å². The molecule has 2 fully saturated rings. The SMILES string of the molecule is CCC1CCN(C(=O)C(C)C2CNC2)C1.Cl. The third kappa shape index (κ3) is 2.69. The van der Waals surface area contributed by atoms with E-state index in [0.717, 1.165) is 32.1 Å². The fourth-order valence-electron chi connectivity index (χ4n) is 2.52. The number of hydrogen-bond acceptors (Lipinski definition) is 2. The summed E-state index contributed by atoms with van der Waals surface area (Å²) in [6.07, 6.45) is 2.42. The molecule has 2 heterocycles. The van der Waals surface area contributed by atoms with Crippen LogP contribution in [-0.4, -0.2) is 37.0 Å². The van der Waals surface area contributed by atoms with Crippen LogP contribution >= 0.6 is 12.4 Å². The van der Waals surface area contributed by atoms with Gasteiger partial charge in [0.05, 0.1) is 0 Å². The topological polar surface area (TPSA) is 32.3 Å². The molecular formula is C12H23ClN2O. The first-order chi connectivity index (χ1) is 7.22. The minimum Gasteiger partial charge on any atom is -0.342 e. The number of likely N-dealkylation sites (tertiary alicyclic amines) is 1. The van der Waals surface area contributed by atoms with Crippen LogP contribution in [0.5, 0.6) is 0 Å². The van der Waals surface area contributed by atoms with Gasteiger partial charge in [-0.3, -0.25) is 4.79 Å². The van der Waals surface area contributed by atoms with Crippen molar-refractivity contribution in [2.45, 2.75) is 26.7 Å². The molecule has 0 aliphatic carbocycles. The van der Waals surface area contributed by atoms with Gasteiger partial charge >= 0.3 is 0 Å². The summed E-state index contributed by atoms with van der Waals surface area (Å²) in [6, 6.07) is 0. The van der Waals surface area contributed by atoms with Crippen LogP contribution in [0.3, 0.4) is 0 Å². The van der Waals surface area contributed by atoms with Crippen molar-refractivity contribution >= 4 is 18.3 Å².